The Balaban J connectivity index is 1.72. The molecule has 2 unspecified atom stereocenters. The van der Waals surface area contributed by atoms with Crippen LogP contribution in [0.4, 0.5) is 0 Å². The minimum Gasteiger partial charge on any atom is -0.459 e. The second kappa shape index (κ2) is 7.45. The summed E-state index contributed by atoms with van der Waals surface area (Å²) in [6, 6.07) is 3.17. The third-order valence-electron chi connectivity index (χ3n) is 4.10. The fourth-order valence-corrected chi connectivity index (χ4v) is 2.64. The van der Waals surface area contributed by atoms with Crippen LogP contribution in [-0.4, -0.2) is 48.4 Å². The summed E-state index contributed by atoms with van der Waals surface area (Å²) in [7, 11) is 0. The first-order valence-electron chi connectivity index (χ1n) is 7.83. The lowest BCUT2D eigenvalue weighted by Crippen LogP contribution is -2.46. The lowest BCUT2D eigenvalue weighted by molar-refractivity contribution is -0.122. The van der Waals surface area contributed by atoms with Gasteiger partial charge in [0, 0.05) is 19.1 Å². The highest BCUT2D eigenvalue weighted by Crippen LogP contribution is 2.17. The number of likely N-dealkylation sites (tertiary alicyclic amines) is 1. The fourth-order valence-electron chi connectivity index (χ4n) is 2.64. The van der Waals surface area contributed by atoms with Crippen molar-refractivity contribution in [1.82, 2.24) is 15.5 Å². The van der Waals surface area contributed by atoms with Gasteiger partial charge in [-0.3, -0.25) is 9.59 Å². The zero-order chi connectivity index (χ0) is 16.1. The quantitative estimate of drug-likeness (QED) is 0.829. The maximum Gasteiger partial charge on any atom is 0.287 e. The van der Waals surface area contributed by atoms with Crippen LogP contribution in [0.2, 0.25) is 0 Å². The topological polar surface area (TPSA) is 74.6 Å². The third-order valence-corrected chi connectivity index (χ3v) is 4.10. The Kier molecular flexibility index (Phi) is 5.60. The summed E-state index contributed by atoms with van der Waals surface area (Å²) in [5.41, 5.74) is 0. The van der Waals surface area contributed by atoms with Crippen LogP contribution in [-0.2, 0) is 4.79 Å². The molecule has 6 heteroatoms. The molecule has 1 aliphatic heterocycles. The molecule has 1 aliphatic rings. The molecule has 1 fully saturated rings. The molecule has 0 spiro atoms. The molecule has 0 radical (unpaired) electrons. The average Bonchev–Trinajstić information content (AvgIpc) is 3.15. The van der Waals surface area contributed by atoms with E-state index in [1.807, 2.05) is 0 Å². The first-order chi connectivity index (χ1) is 10.5. The number of nitrogens with zero attached hydrogens (tertiary/aromatic N) is 1. The number of amides is 2. The Labute approximate surface area is 131 Å². The van der Waals surface area contributed by atoms with Crippen LogP contribution in [0.3, 0.4) is 0 Å². The summed E-state index contributed by atoms with van der Waals surface area (Å²) in [6.45, 7) is 8.81. The van der Waals surface area contributed by atoms with Crippen LogP contribution in [0, 0.1) is 5.92 Å². The van der Waals surface area contributed by atoms with E-state index in [4.69, 9.17) is 4.42 Å². The Morgan fingerprint density at radius 2 is 2.18 bits per heavy atom. The number of furan rings is 1. The van der Waals surface area contributed by atoms with Gasteiger partial charge in [-0.25, -0.2) is 0 Å². The Bertz CT molecular complexity index is 499. The molecule has 22 heavy (non-hydrogen) atoms. The van der Waals surface area contributed by atoms with E-state index >= 15 is 0 Å². The maximum absolute atomic E-state index is 12.1. The average molecular weight is 307 g/mol. The fraction of sp³-hybridized carbons (Fsp3) is 0.625. The molecular weight excluding hydrogens is 282 g/mol. The summed E-state index contributed by atoms with van der Waals surface area (Å²) in [5, 5.41) is 5.55. The molecule has 0 aliphatic carbocycles. The van der Waals surface area contributed by atoms with Gasteiger partial charge in [0.25, 0.3) is 5.91 Å². The van der Waals surface area contributed by atoms with Crippen molar-refractivity contribution < 1.29 is 14.0 Å². The van der Waals surface area contributed by atoms with E-state index in [1.54, 1.807) is 19.1 Å². The molecule has 2 N–H and O–H groups in total. The van der Waals surface area contributed by atoms with E-state index in [9.17, 15) is 9.59 Å². The molecule has 122 valence electrons. The molecule has 1 aromatic heterocycles. The van der Waals surface area contributed by atoms with Crippen molar-refractivity contribution in [3.05, 3.63) is 24.2 Å². The predicted molar refractivity (Wildman–Crippen MR) is 83.5 cm³/mol. The van der Waals surface area contributed by atoms with Crippen LogP contribution in [0.5, 0.6) is 0 Å². The molecule has 2 heterocycles. The van der Waals surface area contributed by atoms with Crippen LogP contribution in [0.1, 0.15) is 37.7 Å². The largest absolute Gasteiger partial charge is 0.459 e. The molecule has 1 aromatic rings. The number of hydrogen-bond acceptors (Lipinski definition) is 4. The van der Waals surface area contributed by atoms with Crippen molar-refractivity contribution in [2.45, 2.75) is 39.3 Å². The zero-order valence-corrected chi connectivity index (χ0v) is 13.5. The van der Waals surface area contributed by atoms with Crippen LogP contribution in [0.25, 0.3) is 0 Å². The SMILES string of the molecule is CC(NC(=O)c1ccco1)C(=O)NCC1CCN(C(C)C)C1. The highest BCUT2D eigenvalue weighted by Gasteiger charge is 2.25. The highest BCUT2D eigenvalue weighted by molar-refractivity contribution is 5.95. The number of hydrogen-bond donors (Lipinski definition) is 2. The number of carbonyl (C=O) groups excluding carboxylic acids is 2. The van der Waals surface area contributed by atoms with E-state index in [0.717, 1.165) is 19.5 Å². The highest BCUT2D eigenvalue weighted by atomic mass is 16.3. The first kappa shape index (κ1) is 16.5. The lowest BCUT2D eigenvalue weighted by Gasteiger charge is -2.20. The van der Waals surface area contributed by atoms with E-state index in [2.05, 4.69) is 29.4 Å². The molecule has 0 bridgehead atoms. The van der Waals surface area contributed by atoms with E-state index < -0.39 is 6.04 Å². The molecule has 0 saturated carbocycles. The summed E-state index contributed by atoms with van der Waals surface area (Å²) in [4.78, 5) is 26.3. The minimum absolute atomic E-state index is 0.164. The summed E-state index contributed by atoms with van der Waals surface area (Å²) in [6.07, 6.45) is 2.53. The van der Waals surface area contributed by atoms with Crippen LogP contribution < -0.4 is 10.6 Å². The van der Waals surface area contributed by atoms with Crippen LogP contribution in [0.15, 0.2) is 22.8 Å². The summed E-state index contributed by atoms with van der Waals surface area (Å²) in [5.74, 6) is 0.157. The second-order valence-corrected chi connectivity index (χ2v) is 6.16. The van der Waals surface area contributed by atoms with Gasteiger partial charge in [0.05, 0.1) is 6.26 Å². The van der Waals surface area contributed by atoms with Crippen molar-refractivity contribution in [3.63, 3.8) is 0 Å². The minimum atomic E-state index is -0.583. The van der Waals surface area contributed by atoms with Gasteiger partial charge in [-0.2, -0.15) is 0 Å². The van der Waals surface area contributed by atoms with Gasteiger partial charge >= 0.3 is 0 Å². The van der Waals surface area contributed by atoms with E-state index in [-0.39, 0.29) is 17.6 Å². The Hall–Kier alpha value is -1.82. The molecule has 2 rings (SSSR count). The van der Waals surface area contributed by atoms with Crippen molar-refractivity contribution in [2.24, 2.45) is 5.92 Å². The van der Waals surface area contributed by atoms with Crippen molar-refractivity contribution in [1.29, 1.82) is 0 Å². The second-order valence-electron chi connectivity index (χ2n) is 6.16. The molecule has 0 aromatic carbocycles. The summed E-state index contributed by atoms with van der Waals surface area (Å²) >= 11 is 0. The van der Waals surface area contributed by atoms with Gasteiger partial charge in [0.2, 0.25) is 5.91 Å². The van der Waals surface area contributed by atoms with Gasteiger partial charge in [0.1, 0.15) is 6.04 Å². The summed E-state index contributed by atoms with van der Waals surface area (Å²) < 4.78 is 5.00. The monoisotopic (exact) mass is 307 g/mol. The van der Waals surface area contributed by atoms with E-state index in [1.165, 1.54) is 6.26 Å². The number of rotatable bonds is 6. The maximum atomic E-state index is 12.1. The first-order valence-corrected chi connectivity index (χ1v) is 7.83. The Morgan fingerprint density at radius 1 is 1.41 bits per heavy atom. The predicted octanol–water partition coefficient (Wildman–Crippen LogP) is 1.24. The van der Waals surface area contributed by atoms with Gasteiger partial charge in [-0.15, -0.1) is 0 Å². The zero-order valence-electron chi connectivity index (χ0n) is 13.5. The van der Waals surface area contributed by atoms with Crippen molar-refractivity contribution >= 4 is 11.8 Å². The number of carbonyl (C=O) groups is 2. The lowest BCUT2D eigenvalue weighted by atomic mass is 10.1. The normalized spacial score (nSPS) is 20.1. The van der Waals surface area contributed by atoms with E-state index in [0.29, 0.717) is 18.5 Å². The smallest absolute Gasteiger partial charge is 0.287 e. The van der Waals surface area contributed by atoms with Crippen molar-refractivity contribution in [3.8, 4) is 0 Å². The molecule has 1 saturated heterocycles. The molecule has 6 nitrogen and oxygen atoms in total. The third kappa shape index (κ3) is 4.34. The Morgan fingerprint density at radius 3 is 2.77 bits per heavy atom. The molecular formula is C16H25N3O3. The van der Waals surface area contributed by atoms with Gasteiger partial charge in [0.15, 0.2) is 5.76 Å². The van der Waals surface area contributed by atoms with Gasteiger partial charge in [-0.05, 0) is 51.8 Å². The standard InChI is InChI=1S/C16H25N3O3/c1-11(2)19-7-6-13(10-19)9-17-15(20)12(3)18-16(21)14-5-4-8-22-14/h4-5,8,11-13H,6-7,9-10H2,1-3H3,(H,17,20)(H,18,21). The number of nitrogens with one attached hydrogen (secondary N) is 2. The van der Waals surface area contributed by atoms with Gasteiger partial charge < -0.3 is 20.0 Å². The van der Waals surface area contributed by atoms with Crippen LogP contribution >= 0.6 is 0 Å². The molecule has 2 atom stereocenters. The van der Waals surface area contributed by atoms with Crippen molar-refractivity contribution in [2.75, 3.05) is 19.6 Å². The van der Waals surface area contributed by atoms with Gasteiger partial charge in [-0.1, -0.05) is 0 Å². The molecule has 2 amide bonds.